The maximum Gasteiger partial charge on any atom is 0.311 e. The molecule has 0 fully saturated rings. The number of hydrogen-bond donors (Lipinski definition) is 0. The Kier molecular flexibility index (Phi) is 12.7. The maximum absolute atomic E-state index is 12.0. The molecule has 0 aromatic heterocycles. The number of rotatable bonds is 16. The zero-order chi connectivity index (χ0) is 21.3. The van der Waals surface area contributed by atoms with E-state index in [4.69, 9.17) is 4.74 Å². The van der Waals surface area contributed by atoms with Crippen LogP contribution in [0.5, 0.6) is 5.75 Å². The van der Waals surface area contributed by atoms with E-state index < -0.39 is 0 Å². The van der Waals surface area contributed by atoms with Gasteiger partial charge in [0.05, 0.1) is 0 Å². The first-order valence-corrected chi connectivity index (χ1v) is 12.2. The predicted molar refractivity (Wildman–Crippen MR) is 128 cm³/mol. The van der Waals surface area contributed by atoms with Crippen LogP contribution < -0.4 is 4.74 Å². The van der Waals surface area contributed by atoms with Gasteiger partial charge in [-0.25, -0.2) is 0 Å². The lowest BCUT2D eigenvalue weighted by Gasteiger charge is -2.06. The van der Waals surface area contributed by atoms with E-state index in [9.17, 15) is 4.79 Å². The summed E-state index contributed by atoms with van der Waals surface area (Å²) in [7, 11) is 0. The molecule has 0 spiro atoms. The molecule has 2 aromatic carbocycles. The van der Waals surface area contributed by atoms with Crippen molar-refractivity contribution in [3.8, 4) is 16.9 Å². The Hall–Kier alpha value is -2.09. The van der Waals surface area contributed by atoms with Crippen LogP contribution in [0.15, 0.2) is 54.6 Å². The fourth-order valence-corrected chi connectivity index (χ4v) is 3.82. The number of unbranched alkanes of at least 4 members (excludes halogenated alkanes) is 12. The molecule has 0 aliphatic heterocycles. The Labute approximate surface area is 184 Å². The summed E-state index contributed by atoms with van der Waals surface area (Å²) >= 11 is 0. The van der Waals surface area contributed by atoms with E-state index in [2.05, 4.69) is 19.1 Å². The molecule has 164 valence electrons. The molecule has 30 heavy (non-hydrogen) atoms. The van der Waals surface area contributed by atoms with E-state index in [-0.39, 0.29) is 5.97 Å². The highest BCUT2D eigenvalue weighted by Gasteiger charge is 2.05. The summed E-state index contributed by atoms with van der Waals surface area (Å²) in [6.45, 7) is 2.27. The lowest BCUT2D eigenvalue weighted by atomic mass is 10.0. The highest BCUT2D eigenvalue weighted by Crippen LogP contribution is 2.22. The van der Waals surface area contributed by atoms with E-state index in [0.29, 0.717) is 12.2 Å². The first-order chi connectivity index (χ1) is 14.8. The van der Waals surface area contributed by atoms with Gasteiger partial charge in [-0.2, -0.15) is 0 Å². The second kappa shape index (κ2) is 15.7. The minimum Gasteiger partial charge on any atom is -0.427 e. The van der Waals surface area contributed by atoms with Crippen LogP contribution in [0.3, 0.4) is 0 Å². The molecular formula is C28H40O2. The van der Waals surface area contributed by atoms with E-state index in [1.165, 1.54) is 76.2 Å². The normalized spacial score (nSPS) is 10.8. The molecule has 0 unspecified atom stereocenters. The van der Waals surface area contributed by atoms with Gasteiger partial charge in [0, 0.05) is 6.42 Å². The molecule has 0 bridgehead atoms. The van der Waals surface area contributed by atoms with Crippen LogP contribution in [-0.4, -0.2) is 5.97 Å². The quantitative estimate of drug-likeness (QED) is 0.158. The number of hydrogen-bond acceptors (Lipinski definition) is 2. The van der Waals surface area contributed by atoms with Gasteiger partial charge in [0.15, 0.2) is 0 Å². The highest BCUT2D eigenvalue weighted by molar-refractivity contribution is 5.73. The molecular weight excluding hydrogens is 368 g/mol. The summed E-state index contributed by atoms with van der Waals surface area (Å²) in [5.41, 5.74) is 2.30. The van der Waals surface area contributed by atoms with Crippen LogP contribution in [0.25, 0.3) is 11.1 Å². The van der Waals surface area contributed by atoms with Gasteiger partial charge in [-0.05, 0) is 29.7 Å². The Morgan fingerprint density at radius 1 is 0.600 bits per heavy atom. The minimum absolute atomic E-state index is 0.120. The van der Waals surface area contributed by atoms with Gasteiger partial charge in [0.2, 0.25) is 0 Å². The third-order valence-corrected chi connectivity index (χ3v) is 5.68. The summed E-state index contributed by atoms with van der Waals surface area (Å²) in [6.07, 6.45) is 17.6. The van der Waals surface area contributed by atoms with Gasteiger partial charge in [0.1, 0.15) is 5.75 Å². The second-order valence-corrected chi connectivity index (χ2v) is 8.36. The van der Waals surface area contributed by atoms with Gasteiger partial charge >= 0.3 is 5.97 Å². The van der Waals surface area contributed by atoms with Crippen molar-refractivity contribution in [1.82, 2.24) is 0 Å². The summed E-state index contributed by atoms with van der Waals surface area (Å²) in [5.74, 6) is 0.514. The first kappa shape index (κ1) is 24.2. The zero-order valence-electron chi connectivity index (χ0n) is 18.9. The molecule has 2 heteroatoms. The Bertz CT molecular complexity index is 676. The van der Waals surface area contributed by atoms with Crippen LogP contribution in [0.1, 0.15) is 96.8 Å². The summed E-state index contributed by atoms with van der Waals surface area (Å²) in [6, 6.07) is 18.0. The fourth-order valence-electron chi connectivity index (χ4n) is 3.82. The van der Waals surface area contributed by atoms with Gasteiger partial charge in [-0.3, -0.25) is 4.79 Å². The molecule has 0 aliphatic rings. The third-order valence-electron chi connectivity index (χ3n) is 5.68. The minimum atomic E-state index is -0.120. The average molecular weight is 409 g/mol. The summed E-state index contributed by atoms with van der Waals surface area (Å²) in [5, 5.41) is 0. The van der Waals surface area contributed by atoms with Gasteiger partial charge in [0.25, 0.3) is 0 Å². The third kappa shape index (κ3) is 10.6. The molecule has 0 saturated heterocycles. The van der Waals surface area contributed by atoms with Crippen molar-refractivity contribution in [2.75, 3.05) is 0 Å². The summed E-state index contributed by atoms with van der Waals surface area (Å²) in [4.78, 5) is 12.0. The van der Waals surface area contributed by atoms with Gasteiger partial charge in [-0.15, -0.1) is 0 Å². The molecule has 0 atom stereocenters. The predicted octanol–water partition coefficient (Wildman–Crippen LogP) is 8.74. The molecule has 2 rings (SSSR count). The topological polar surface area (TPSA) is 26.3 Å². The van der Waals surface area contributed by atoms with Crippen molar-refractivity contribution in [3.05, 3.63) is 54.6 Å². The molecule has 0 N–H and O–H groups in total. The fraction of sp³-hybridized carbons (Fsp3) is 0.536. The molecule has 0 aliphatic carbocycles. The van der Waals surface area contributed by atoms with Crippen LogP contribution >= 0.6 is 0 Å². The van der Waals surface area contributed by atoms with Crippen molar-refractivity contribution in [3.63, 3.8) is 0 Å². The van der Waals surface area contributed by atoms with Crippen molar-refractivity contribution in [1.29, 1.82) is 0 Å². The Morgan fingerprint density at radius 3 is 1.60 bits per heavy atom. The lowest BCUT2D eigenvalue weighted by molar-refractivity contribution is -0.134. The first-order valence-electron chi connectivity index (χ1n) is 12.2. The Morgan fingerprint density at radius 2 is 1.07 bits per heavy atom. The number of carbonyl (C=O) groups excluding carboxylic acids is 1. The number of esters is 1. The summed E-state index contributed by atoms with van der Waals surface area (Å²) < 4.78 is 5.47. The van der Waals surface area contributed by atoms with Crippen molar-refractivity contribution >= 4 is 5.97 Å². The smallest absolute Gasteiger partial charge is 0.311 e. The molecule has 0 heterocycles. The van der Waals surface area contributed by atoms with E-state index in [1.54, 1.807) is 0 Å². The van der Waals surface area contributed by atoms with Crippen LogP contribution in [0.2, 0.25) is 0 Å². The van der Waals surface area contributed by atoms with E-state index >= 15 is 0 Å². The number of benzene rings is 2. The molecule has 0 radical (unpaired) electrons. The zero-order valence-corrected chi connectivity index (χ0v) is 18.9. The lowest BCUT2D eigenvalue weighted by Crippen LogP contribution is -2.07. The van der Waals surface area contributed by atoms with E-state index in [0.717, 1.165) is 18.4 Å². The van der Waals surface area contributed by atoms with Crippen molar-refractivity contribution in [2.24, 2.45) is 0 Å². The SMILES string of the molecule is CCCCCCCCCCCCCCCC(=O)Oc1ccc(-c2ccccc2)cc1. The molecule has 0 amide bonds. The molecule has 2 nitrogen and oxygen atoms in total. The van der Waals surface area contributed by atoms with Crippen LogP contribution in [0, 0.1) is 0 Å². The van der Waals surface area contributed by atoms with E-state index in [1.807, 2.05) is 42.5 Å². The molecule has 0 saturated carbocycles. The maximum atomic E-state index is 12.0. The number of carbonyl (C=O) groups is 1. The van der Waals surface area contributed by atoms with Gasteiger partial charge in [-0.1, -0.05) is 126 Å². The monoisotopic (exact) mass is 408 g/mol. The largest absolute Gasteiger partial charge is 0.427 e. The number of ether oxygens (including phenoxy) is 1. The van der Waals surface area contributed by atoms with Gasteiger partial charge < -0.3 is 4.74 Å². The average Bonchev–Trinajstić information content (AvgIpc) is 2.78. The van der Waals surface area contributed by atoms with Crippen molar-refractivity contribution < 1.29 is 9.53 Å². The standard InChI is InChI=1S/C28H40O2/c1-2-3-4-5-6-7-8-9-10-11-12-13-17-20-28(29)30-27-23-21-26(22-24-27)25-18-15-14-16-19-25/h14-16,18-19,21-24H,2-13,17,20H2,1H3. The van der Waals surface area contributed by atoms with Crippen LogP contribution in [0.4, 0.5) is 0 Å². The Balaban J connectivity index is 1.46. The highest BCUT2D eigenvalue weighted by atomic mass is 16.5. The molecule has 2 aromatic rings. The van der Waals surface area contributed by atoms with Crippen molar-refractivity contribution in [2.45, 2.75) is 96.8 Å². The van der Waals surface area contributed by atoms with Crippen LogP contribution in [-0.2, 0) is 4.79 Å². The second-order valence-electron chi connectivity index (χ2n) is 8.36.